The smallest absolute Gasteiger partial charge is 0.174 e. The Labute approximate surface area is 85.7 Å². The van der Waals surface area contributed by atoms with Crippen molar-refractivity contribution < 1.29 is 12.7 Å². The summed E-state index contributed by atoms with van der Waals surface area (Å²) in [6.07, 6.45) is 3.86. The molecule has 0 fully saturated rings. The molecule has 3 nitrogen and oxygen atoms in total. The van der Waals surface area contributed by atoms with Crippen LogP contribution in [-0.4, -0.2) is 5.11 Å². The minimum Gasteiger partial charge on any atom is -0.391 e. The summed E-state index contributed by atoms with van der Waals surface area (Å²) in [6.45, 7) is 0.644. The molecule has 0 spiro atoms. The Kier molecular flexibility index (Phi) is 3.90. The summed E-state index contributed by atoms with van der Waals surface area (Å²) in [5.41, 5.74) is 1.97. The van der Waals surface area contributed by atoms with E-state index in [1.807, 2.05) is 53.1 Å². The summed E-state index contributed by atoms with van der Waals surface area (Å²) in [5.74, 6) is 0. The fourth-order valence-electron chi connectivity index (χ4n) is 1.10. The monoisotopic (exact) mass is 280 g/mol. The third kappa shape index (κ3) is 2.69. The number of hydrogen-bond acceptors (Lipinski definition) is 2. The predicted molar refractivity (Wildman–Crippen MR) is 52.3 cm³/mol. The van der Waals surface area contributed by atoms with Crippen LogP contribution in [-0.2, 0) is 23.3 Å². The zero-order valence-corrected chi connectivity index (χ0v) is 8.98. The average Bonchev–Trinajstić information content (AvgIpc) is 2.04. The highest BCUT2D eigenvalue weighted by Crippen LogP contribution is 2.04. The van der Waals surface area contributed by atoms with Gasteiger partial charge in [-0.05, 0) is 6.07 Å². The third-order valence-corrected chi connectivity index (χ3v) is 1.82. The van der Waals surface area contributed by atoms with Crippen LogP contribution in [0.15, 0.2) is 18.5 Å². The first kappa shape index (κ1) is 9.88. The number of aliphatic hydroxyl groups is 1. The molecule has 1 rings (SSSR count). The van der Waals surface area contributed by atoms with Crippen LogP contribution in [0.5, 0.6) is 0 Å². The van der Waals surface area contributed by atoms with Gasteiger partial charge in [-0.1, -0.05) is 0 Å². The topological polar surface area (TPSA) is 33.3 Å². The van der Waals surface area contributed by atoms with Gasteiger partial charge in [0.2, 0.25) is 0 Å². The zero-order valence-electron chi connectivity index (χ0n) is 6.83. The van der Waals surface area contributed by atoms with E-state index in [9.17, 15) is 0 Å². The lowest BCUT2D eigenvalue weighted by Gasteiger charge is -1.98. The van der Waals surface area contributed by atoms with Crippen molar-refractivity contribution in [1.29, 1.82) is 0 Å². The van der Waals surface area contributed by atoms with Gasteiger partial charge in [0.15, 0.2) is 12.4 Å². The first-order valence-electron chi connectivity index (χ1n) is 3.58. The van der Waals surface area contributed by atoms with E-state index in [4.69, 9.17) is 8.17 Å². The second-order valence-electron chi connectivity index (χ2n) is 2.63. The molecule has 1 heterocycles. The maximum absolute atomic E-state index is 8.90. The van der Waals surface area contributed by atoms with Crippen molar-refractivity contribution in [3.63, 3.8) is 0 Å². The number of aryl methyl sites for hydroxylation is 1. The Morgan fingerprint density at radius 3 is 2.75 bits per heavy atom. The third-order valence-electron chi connectivity index (χ3n) is 1.51. The van der Waals surface area contributed by atoms with Gasteiger partial charge in [-0.15, -0.1) is 0 Å². The highest BCUT2D eigenvalue weighted by molar-refractivity contribution is 14.1. The predicted octanol–water partition coefficient (Wildman–Crippen LogP) is 0.870. The summed E-state index contributed by atoms with van der Waals surface area (Å²) in [7, 11) is 1.93. The Balaban J connectivity index is 2.90. The van der Waals surface area contributed by atoms with Gasteiger partial charge >= 0.3 is 0 Å². The SMILES string of the molecule is C[n+]1cc(CO)cc(COI)c1. The van der Waals surface area contributed by atoms with Crippen molar-refractivity contribution in [2.24, 2.45) is 7.05 Å². The van der Waals surface area contributed by atoms with Gasteiger partial charge in [0, 0.05) is 11.1 Å². The number of halogens is 1. The second kappa shape index (κ2) is 4.74. The Hall–Kier alpha value is -0.200. The lowest BCUT2D eigenvalue weighted by atomic mass is 10.2. The van der Waals surface area contributed by atoms with Gasteiger partial charge in [-0.25, -0.2) is 4.57 Å². The molecule has 66 valence electrons. The maximum atomic E-state index is 8.90. The summed E-state index contributed by atoms with van der Waals surface area (Å²) >= 11 is 1.85. The van der Waals surface area contributed by atoms with E-state index in [0.29, 0.717) is 6.61 Å². The highest BCUT2D eigenvalue weighted by atomic mass is 127. The van der Waals surface area contributed by atoms with Crippen LogP contribution in [0.2, 0.25) is 0 Å². The Bertz CT molecular complexity index is 265. The minimum atomic E-state index is 0.0723. The van der Waals surface area contributed by atoms with Crippen molar-refractivity contribution in [2.45, 2.75) is 13.2 Å². The lowest BCUT2D eigenvalue weighted by Crippen LogP contribution is -2.28. The number of hydrogen-bond donors (Lipinski definition) is 1. The van der Waals surface area contributed by atoms with Gasteiger partial charge in [0.1, 0.15) is 30.1 Å². The molecule has 0 aromatic carbocycles. The number of pyridine rings is 1. The normalized spacial score (nSPS) is 10.2. The van der Waals surface area contributed by atoms with Gasteiger partial charge in [0.25, 0.3) is 0 Å². The number of rotatable bonds is 3. The Morgan fingerprint density at radius 1 is 1.50 bits per heavy atom. The van der Waals surface area contributed by atoms with Crippen LogP contribution in [0.25, 0.3) is 0 Å². The number of aromatic nitrogens is 1. The molecule has 0 radical (unpaired) electrons. The molecule has 0 bridgehead atoms. The zero-order chi connectivity index (χ0) is 8.97. The van der Waals surface area contributed by atoms with Crippen molar-refractivity contribution in [3.05, 3.63) is 29.6 Å². The van der Waals surface area contributed by atoms with E-state index in [2.05, 4.69) is 0 Å². The van der Waals surface area contributed by atoms with Crippen LogP contribution >= 0.6 is 23.0 Å². The number of aliphatic hydroxyl groups excluding tert-OH is 1. The summed E-state index contributed by atoms with van der Waals surface area (Å²) in [4.78, 5) is 0. The van der Waals surface area contributed by atoms with E-state index in [1.54, 1.807) is 0 Å². The van der Waals surface area contributed by atoms with Crippen LogP contribution in [0.1, 0.15) is 11.1 Å². The maximum Gasteiger partial charge on any atom is 0.174 e. The van der Waals surface area contributed by atoms with Crippen molar-refractivity contribution >= 4 is 23.0 Å². The molecule has 0 aliphatic rings. The molecular formula is C8H11INO2+. The fourth-order valence-corrected chi connectivity index (χ4v) is 1.46. The van der Waals surface area contributed by atoms with Gasteiger partial charge in [0.05, 0.1) is 13.2 Å². The van der Waals surface area contributed by atoms with E-state index in [0.717, 1.165) is 11.1 Å². The van der Waals surface area contributed by atoms with E-state index < -0.39 is 0 Å². The first-order chi connectivity index (χ1) is 5.76. The molecule has 1 aromatic heterocycles. The molecule has 4 heteroatoms. The van der Waals surface area contributed by atoms with Gasteiger partial charge in [-0.2, -0.15) is 0 Å². The molecule has 0 amide bonds. The molecule has 0 aliphatic heterocycles. The standard InChI is InChI=1S/C8H11INO2/c1-10-3-7(5-11)2-8(4-10)6-12-9/h2-4,11H,5-6H2,1H3/q+1. The van der Waals surface area contributed by atoms with E-state index in [-0.39, 0.29) is 6.61 Å². The Morgan fingerprint density at radius 2 is 2.17 bits per heavy atom. The molecule has 1 aromatic rings. The molecular weight excluding hydrogens is 269 g/mol. The summed E-state index contributed by atoms with van der Waals surface area (Å²) in [6, 6.07) is 1.93. The largest absolute Gasteiger partial charge is 0.391 e. The van der Waals surface area contributed by atoms with Crippen molar-refractivity contribution in [3.8, 4) is 0 Å². The second-order valence-corrected chi connectivity index (χ2v) is 3.25. The molecule has 0 aliphatic carbocycles. The van der Waals surface area contributed by atoms with Crippen LogP contribution in [0.4, 0.5) is 0 Å². The van der Waals surface area contributed by atoms with Gasteiger partial charge in [-0.3, -0.25) is 0 Å². The number of nitrogens with zero attached hydrogens (tertiary/aromatic N) is 1. The van der Waals surface area contributed by atoms with Crippen LogP contribution in [0, 0.1) is 0 Å². The van der Waals surface area contributed by atoms with Crippen molar-refractivity contribution in [1.82, 2.24) is 0 Å². The fraction of sp³-hybridized carbons (Fsp3) is 0.375. The van der Waals surface area contributed by atoms with Gasteiger partial charge < -0.3 is 8.17 Å². The highest BCUT2D eigenvalue weighted by Gasteiger charge is 2.02. The first-order valence-corrected chi connectivity index (χ1v) is 4.47. The minimum absolute atomic E-state index is 0.0723. The molecule has 0 saturated heterocycles. The van der Waals surface area contributed by atoms with Crippen LogP contribution in [0.3, 0.4) is 0 Å². The molecule has 12 heavy (non-hydrogen) atoms. The van der Waals surface area contributed by atoms with E-state index in [1.165, 1.54) is 0 Å². The van der Waals surface area contributed by atoms with Crippen LogP contribution < -0.4 is 4.57 Å². The summed E-state index contributed by atoms with van der Waals surface area (Å²) in [5, 5.41) is 8.90. The molecule has 1 N–H and O–H groups in total. The van der Waals surface area contributed by atoms with Crippen molar-refractivity contribution in [2.75, 3.05) is 0 Å². The summed E-state index contributed by atoms with van der Waals surface area (Å²) < 4.78 is 6.87. The molecule has 0 unspecified atom stereocenters. The molecule has 0 atom stereocenters. The average molecular weight is 280 g/mol. The lowest BCUT2D eigenvalue weighted by molar-refractivity contribution is -0.672. The quantitative estimate of drug-likeness (QED) is 0.658. The van der Waals surface area contributed by atoms with E-state index >= 15 is 0 Å². The molecule has 0 saturated carbocycles.